The van der Waals surface area contributed by atoms with Gasteiger partial charge in [0.15, 0.2) is 5.13 Å². The molecule has 0 fully saturated rings. The summed E-state index contributed by atoms with van der Waals surface area (Å²) in [6.07, 6.45) is 1.80. The highest BCUT2D eigenvalue weighted by molar-refractivity contribution is 9.10. The summed E-state index contributed by atoms with van der Waals surface area (Å²) in [7, 11) is 0. The van der Waals surface area contributed by atoms with Crippen LogP contribution in [0.2, 0.25) is 0 Å². The summed E-state index contributed by atoms with van der Waals surface area (Å²) >= 11 is 4.63. The Morgan fingerprint density at radius 3 is 2.64 bits per heavy atom. The van der Waals surface area contributed by atoms with E-state index in [1.165, 1.54) is 11.3 Å². The fraction of sp³-hybridized carbons (Fsp3) is 0.389. The smallest absolute Gasteiger partial charge is 0.350 e. The minimum Gasteiger partial charge on any atom is -0.462 e. The van der Waals surface area contributed by atoms with Gasteiger partial charge in [0.1, 0.15) is 4.88 Å². The number of rotatable bonds is 7. The molecular formula is C18H21BrN2O3S. The monoisotopic (exact) mass is 424 g/mol. The summed E-state index contributed by atoms with van der Waals surface area (Å²) in [5.41, 5.74) is 1.16. The zero-order valence-electron chi connectivity index (χ0n) is 14.5. The number of unbranched alkanes of at least 4 members (excludes halogenated alkanes) is 1. The predicted molar refractivity (Wildman–Crippen MR) is 104 cm³/mol. The number of amides is 1. The van der Waals surface area contributed by atoms with Gasteiger partial charge in [-0.15, -0.1) is 0 Å². The lowest BCUT2D eigenvalue weighted by atomic mass is 10.2. The number of hydrogen-bond donors (Lipinski definition) is 0. The number of anilines is 1. The minimum atomic E-state index is -0.396. The molecule has 2 aromatic rings. The fourth-order valence-electron chi connectivity index (χ4n) is 2.26. The zero-order chi connectivity index (χ0) is 18.4. The third-order valence-electron chi connectivity index (χ3n) is 3.56. The third-order valence-corrected chi connectivity index (χ3v) is 5.41. The SMILES string of the molecule is CCCCN(C(=O)c1ccccc1Br)c1nc(C)c(C(=O)OCC)s1. The molecule has 1 heterocycles. The van der Waals surface area contributed by atoms with Crippen LogP contribution in [0.15, 0.2) is 28.7 Å². The molecule has 5 nitrogen and oxygen atoms in total. The summed E-state index contributed by atoms with van der Waals surface area (Å²) in [5.74, 6) is -0.530. The molecule has 134 valence electrons. The molecule has 0 radical (unpaired) electrons. The maximum Gasteiger partial charge on any atom is 0.350 e. The molecule has 0 atom stereocenters. The topological polar surface area (TPSA) is 59.5 Å². The van der Waals surface area contributed by atoms with Crippen LogP contribution in [-0.2, 0) is 4.74 Å². The molecular weight excluding hydrogens is 404 g/mol. The molecule has 0 saturated heterocycles. The lowest BCUT2D eigenvalue weighted by Crippen LogP contribution is -2.32. The third kappa shape index (κ3) is 4.67. The van der Waals surface area contributed by atoms with E-state index in [1.54, 1.807) is 24.8 Å². The first-order valence-corrected chi connectivity index (χ1v) is 9.81. The Bertz CT molecular complexity index is 761. The second-order valence-corrected chi connectivity index (χ2v) is 7.25. The number of halogens is 1. The minimum absolute atomic E-state index is 0.134. The molecule has 0 saturated carbocycles. The Hall–Kier alpha value is -1.73. The number of aryl methyl sites for hydroxylation is 1. The highest BCUT2D eigenvalue weighted by Crippen LogP contribution is 2.29. The predicted octanol–water partition coefficient (Wildman–Crippen LogP) is 4.84. The van der Waals surface area contributed by atoms with E-state index in [4.69, 9.17) is 4.74 Å². The van der Waals surface area contributed by atoms with E-state index in [2.05, 4.69) is 27.8 Å². The molecule has 25 heavy (non-hydrogen) atoms. The Morgan fingerprint density at radius 1 is 1.28 bits per heavy atom. The van der Waals surface area contributed by atoms with Crippen molar-refractivity contribution in [1.29, 1.82) is 0 Å². The van der Waals surface area contributed by atoms with Crippen molar-refractivity contribution >= 4 is 44.3 Å². The Morgan fingerprint density at radius 2 is 2.00 bits per heavy atom. The first-order chi connectivity index (χ1) is 12.0. The van der Waals surface area contributed by atoms with Crippen LogP contribution in [0.1, 0.15) is 52.4 Å². The first-order valence-electron chi connectivity index (χ1n) is 8.20. The molecule has 1 aromatic carbocycles. The molecule has 2 rings (SSSR count). The lowest BCUT2D eigenvalue weighted by Gasteiger charge is -2.20. The van der Waals surface area contributed by atoms with Gasteiger partial charge in [-0.2, -0.15) is 0 Å². The number of hydrogen-bond acceptors (Lipinski definition) is 5. The molecule has 0 aliphatic carbocycles. The second-order valence-electron chi connectivity index (χ2n) is 5.42. The van der Waals surface area contributed by atoms with Crippen LogP contribution >= 0.6 is 27.3 Å². The molecule has 0 bridgehead atoms. The molecule has 7 heteroatoms. The van der Waals surface area contributed by atoms with Crippen molar-refractivity contribution in [1.82, 2.24) is 4.98 Å². The Balaban J connectivity index is 2.38. The Kier molecular flexibility index (Phi) is 7.13. The van der Waals surface area contributed by atoms with Gasteiger partial charge in [0, 0.05) is 11.0 Å². The maximum atomic E-state index is 13.0. The van der Waals surface area contributed by atoms with Crippen LogP contribution in [0.5, 0.6) is 0 Å². The van der Waals surface area contributed by atoms with Gasteiger partial charge in [-0.05, 0) is 48.3 Å². The number of esters is 1. The van der Waals surface area contributed by atoms with Gasteiger partial charge in [0.2, 0.25) is 0 Å². The summed E-state index contributed by atoms with van der Waals surface area (Å²) in [6, 6.07) is 7.30. The number of aromatic nitrogens is 1. The van der Waals surface area contributed by atoms with Gasteiger partial charge in [0.25, 0.3) is 5.91 Å². The van der Waals surface area contributed by atoms with Gasteiger partial charge in [-0.25, -0.2) is 9.78 Å². The standard InChI is InChI=1S/C18H21BrN2O3S/c1-4-6-11-21(16(22)13-9-7-8-10-14(13)19)18-20-12(3)15(25-18)17(23)24-5-2/h7-10H,4-6,11H2,1-3H3. The van der Waals surface area contributed by atoms with Crippen LogP contribution in [0.25, 0.3) is 0 Å². The van der Waals surface area contributed by atoms with E-state index in [-0.39, 0.29) is 5.91 Å². The molecule has 1 aromatic heterocycles. The summed E-state index contributed by atoms with van der Waals surface area (Å²) in [5, 5.41) is 0.523. The van der Waals surface area contributed by atoms with Crippen LogP contribution in [0.3, 0.4) is 0 Å². The highest BCUT2D eigenvalue weighted by atomic mass is 79.9. The normalized spacial score (nSPS) is 10.6. The van der Waals surface area contributed by atoms with Gasteiger partial charge in [-0.3, -0.25) is 9.69 Å². The van der Waals surface area contributed by atoms with E-state index >= 15 is 0 Å². The van der Waals surface area contributed by atoms with Gasteiger partial charge < -0.3 is 4.74 Å². The van der Waals surface area contributed by atoms with Crippen LogP contribution < -0.4 is 4.90 Å². The average Bonchev–Trinajstić information content (AvgIpc) is 2.97. The van der Waals surface area contributed by atoms with Crippen LogP contribution in [0, 0.1) is 6.92 Å². The molecule has 0 aliphatic heterocycles. The van der Waals surface area contributed by atoms with E-state index in [1.807, 2.05) is 18.2 Å². The number of thiazole rings is 1. The van der Waals surface area contributed by atoms with Crippen molar-refractivity contribution in [2.24, 2.45) is 0 Å². The molecule has 0 aliphatic rings. The van der Waals surface area contributed by atoms with E-state index < -0.39 is 5.97 Å². The number of benzene rings is 1. The van der Waals surface area contributed by atoms with E-state index in [0.717, 1.165) is 17.3 Å². The second kappa shape index (κ2) is 9.10. The number of carbonyl (C=O) groups excluding carboxylic acids is 2. The Labute approximate surface area is 160 Å². The quantitative estimate of drug-likeness (QED) is 0.596. The molecule has 0 unspecified atom stereocenters. The van der Waals surface area contributed by atoms with E-state index in [0.29, 0.717) is 34.4 Å². The van der Waals surface area contributed by atoms with Crippen LogP contribution in [-0.4, -0.2) is 30.0 Å². The van der Waals surface area contributed by atoms with Gasteiger partial charge >= 0.3 is 5.97 Å². The van der Waals surface area contributed by atoms with Crippen molar-refractivity contribution in [2.75, 3.05) is 18.1 Å². The number of carbonyl (C=O) groups is 2. The molecule has 0 spiro atoms. The van der Waals surface area contributed by atoms with Crippen LogP contribution in [0.4, 0.5) is 5.13 Å². The highest BCUT2D eigenvalue weighted by Gasteiger charge is 2.25. The summed E-state index contributed by atoms with van der Waals surface area (Å²) < 4.78 is 5.80. The summed E-state index contributed by atoms with van der Waals surface area (Å²) in [4.78, 5) is 31.6. The van der Waals surface area contributed by atoms with Crippen molar-refractivity contribution in [3.63, 3.8) is 0 Å². The maximum absolute atomic E-state index is 13.0. The van der Waals surface area contributed by atoms with Gasteiger partial charge in [0.05, 0.1) is 17.9 Å². The van der Waals surface area contributed by atoms with Crippen molar-refractivity contribution in [3.05, 3.63) is 44.9 Å². The first kappa shape index (κ1) is 19.6. The summed E-state index contributed by atoms with van der Waals surface area (Å²) in [6.45, 7) is 6.44. The van der Waals surface area contributed by atoms with Crippen molar-refractivity contribution in [2.45, 2.75) is 33.6 Å². The van der Waals surface area contributed by atoms with Crippen molar-refractivity contribution in [3.8, 4) is 0 Å². The fourth-order valence-corrected chi connectivity index (χ4v) is 3.70. The van der Waals surface area contributed by atoms with Gasteiger partial charge in [-0.1, -0.05) is 36.8 Å². The largest absolute Gasteiger partial charge is 0.462 e. The molecule has 1 amide bonds. The van der Waals surface area contributed by atoms with E-state index in [9.17, 15) is 9.59 Å². The lowest BCUT2D eigenvalue weighted by molar-refractivity contribution is 0.0531. The zero-order valence-corrected chi connectivity index (χ0v) is 16.9. The average molecular weight is 425 g/mol. The van der Waals surface area contributed by atoms with Crippen molar-refractivity contribution < 1.29 is 14.3 Å². The molecule has 0 N–H and O–H groups in total. The number of ether oxygens (including phenoxy) is 1. The number of nitrogens with zero attached hydrogens (tertiary/aromatic N) is 2.